The summed E-state index contributed by atoms with van der Waals surface area (Å²) in [4.78, 5) is 0. The first-order valence-corrected chi connectivity index (χ1v) is 3.59. The van der Waals surface area contributed by atoms with E-state index in [0.717, 1.165) is 11.5 Å². The van der Waals surface area contributed by atoms with Crippen molar-refractivity contribution in [2.24, 2.45) is 0 Å². The molecule has 0 aliphatic carbocycles. The highest BCUT2D eigenvalue weighted by Crippen LogP contribution is 1.85. The van der Waals surface area contributed by atoms with Gasteiger partial charge in [0.2, 0.25) is 0 Å². The molecule has 0 bridgehead atoms. The minimum atomic E-state index is 0.477. The number of nitrogens with one attached hydrogen (secondary N) is 2. The lowest BCUT2D eigenvalue weighted by atomic mass is 10.3. The van der Waals surface area contributed by atoms with Gasteiger partial charge in [0.15, 0.2) is 5.11 Å². The molecule has 0 saturated heterocycles. The van der Waals surface area contributed by atoms with Crippen LogP contribution in [0.25, 0.3) is 0 Å². The van der Waals surface area contributed by atoms with Crippen LogP contribution in [0.1, 0.15) is 20.3 Å². The molecule has 9 heavy (non-hydrogen) atoms. The molecule has 54 valence electrons. The zero-order valence-electron chi connectivity index (χ0n) is 6.19. The maximum absolute atomic E-state index is 4.88. The van der Waals surface area contributed by atoms with Gasteiger partial charge in [-0.1, -0.05) is 6.92 Å². The van der Waals surface area contributed by atoms with Crippen LogP contribution in [-0.4, -0.2) is 18.2 Å². The Hall–Kier alpha value is -0.310. The Bertz CT molecular complexity index is 93.1. The van der Waals surface area contributed by atoms with Crippen molar-refractivity contribution in [1.82, 2.24) is 10.6 Å². The van der Waals surface area contributed by atoms with Crippen molar-refractivity contribution < 1.29 is 0 Å². The molecule has 0 fully saturated rings. The summed E-state index contributed by atoms with van der Waals surface area (Å²) < 4.78 is 0. The molecule has 0 heterocycles. The van der Waals surface area contributed by atoms with Gasteiger partial charge in [0.1, 0.15) is 0 Å². The summed E-state index contributed by atoms with van der Waals surface area (Å²) in [6.07, 6.45) is 1.10. The van der Waals surface area contributed by atoms with Crippen LogP contribution in [0.2, 0.25) is 0 Å². The third-order valence-corrected chi connectivity index (χ3v) is 1.54. The molecule has 0 amide bonds. The largest absolute Gasteiger partial charge is 0.366 e. The first-order chi connectivity index (χ1) is 4.20. The Balaban J connectivity index is 3.34. The summed E-state index contributed by atoms with van der Waals surface area (Å²) in [5.41, 5.74) is 0. The minimum absolute atomic E-state index is 0.477. The Kier molecular flexibility index (Phi) is 4.40. The molecule has 0 spiro atoms. The molecule has 0 aromatic carbocycles. The van der Waals surface area contributed by atoms with Crippen molar-refractivity contribution in [2.45, 2.75) is 26.3 Å². The van der Waals surface area contributed by atoms with E-state index in [1.807, 2.05) is 7.05 Å². The smallest absolute Gasteiger partial charge is 0.166 e. The average molecular weight is 146 g/mol. The standard InChI is InChI=1S/C6H14N2S/c1-4-5(2)8-6(9)7-3/h5H,4H2,1-3H3,(H2,7,8,9)/t5-/m1/s1. The molecular weight excluding hydrogens is 132 g/mol. The van der Waals surface area contributed by atoms with Gasteiger partial charge in [-0.2, -0.15) is 0 Å². The highest BCUT2D eigenvalue weighted by molar-refractivity contribution is 7.80. The van der Waals surface area contributed by atoms with Crippen molar-refractivity contribution in [2.75, 3.05) is 7.05 Å². The Morgan fingerprint density at radius 2 is 2.22 bits per heavy atom. The first-order valence-electron chi connectivity index (χ1n) is 3.19. The van der Waals surface area contributed by atoms with Crippen molar-refractivity contribution in [3.05, 3.63) is 0 Å². The van der Waals surface area contributed by atoms with Crippen LogP contribution in [0.4, 0.5) is 0 Å². The summed E-state index contributed by atoms with van der Waals surface area (Å²) in [7, 11) is 1.82. The normalized spacial score (nSPS) is 12.3. The van der Waals surface area contributed by atoms with Gasteiger partial charge < -0.3 is 10.6 Å². The molecule has 2 nitrogen and oxygen atoms in total. The van der Waals surface area contributed by atoms with Crippen LogP contribution in [0.15, 0.2) is 0 Å². The van der Waals surface area contributed by atoms with Gasteiger partial charge in [-0.25, -0.2) is 0 Å². The van der Waals surface area contributed by atoms with Gasteiger partial charge in [0.25, 0.3) is 0 Å². The predicted molar refractivity (Wildman–Crippen MR) is 44.5 cm³/mol. The van der Waals surface area contributed by atoms with Crippen molar-refractivity contribution in [3.8, 4) is 0 Å². The van der Waals surface area contributed by atoms with E-state index in [2.05, 4.69) is 24.5 Å². The molecule has 0 rings (SSSR count). The zero-order valence-corrected chi connectivity index (χ0v) is 7.01. The summed E-state index contributed by atoms with van der Waals surface area (Å²) in [6.45, 7) is 4.22. The van der Waals surface area contributed by atoms with Gasteiger partial charge >= 0.3 is 0 Å². The molecule has 0 aliphatic heterocycles. The van der Waals surface area contributed by atoms with E-state index in [1.165, 1.54) is 0 Å². The molecule has 0 aromatic heterocycles. The van der Waals surface area contributed by atoms with Crippen LogP contribution >= 0.6 is 12.2 Å². The summed E-state index contributed by atoms with van der Waals surface area (Å²) >= 11 is 4.88. The fourth-order valence-electron chi connectivity index (χ4n) is 0.398. The van der Waals surface area contributed by atoms with Gasteiger partial charge in [0, 0.05) is 13.1 Å². The van der Waals surface area contributed by atoms with Crippen molar-refractivity contribution in [1.29, 1.82) is 0 Å². The van der Waals surface area contributed by atoms with Crippen LogP contribution in [-0.2, 0) is 0 Å². The number of hydrogen-bond donors (Lipinski definition) is 2. The second kappa shape index (κ2) is 4.56. The second-order valence-corrected chi connectivity index (χ2v) is 2.44. The highest BCUT2D eigenvalue weighted by atomic mass is 32.1. The zero-order chi connectivity index (χ0) is 7.28. The van der Waals surface area contributed by atoms with E-state index in [4.69, 9.17) is 12.2 Å². The summed E-state index contributed by atoms with van der Waals surface area (Å²) in [5.74, 6) is 0. The fraction of sp³-hybridized carbons (Fsp3) is 0.833. The minimum Gasteiger partial charge on any atom is -0.366 e. The molecule has 0 radical (unpaired) electrons. The fourth-order valence-corrected chi connectivity index (χ4v) is 0.599. The van der Waals surface area contributed by atoms with Crippen LogP contribution in [0.3, 0.4) is 0 Å². The lowest BCUT2D eigenvalue weighted by Crippen LogP contribution is -2.38. The van der Waals surface area contributed by atoms with Gasteiger partial charge in [-0.05, 0) is 25.6 Å². The Morgan fingerprint density at radius 1 is 1.67 bits per heavy atom. The SMILES string of the molecule is CC[C@@H](C)NC(=S)NC. The molecule has 0 saturated carbocycles. The molecule has 2 N–H and O–H groups in total. The molecule has 0 aromatic rings. The molecular formula is C6H14N2S. The van der Waals surface area contributed by atoms with Gasteiger partial charge in [0.05, 0.1) is 0 Å². The highest BCUT2D eigenvalue weighted by Gasteiger charge is 1.96. The Morgan fingerprint density at radius 3 is 2.56 bits per heavy atom. The van der Waals surface area contributed by atoms with Gasteiger partial charge in [-0.15, -0.1) is 0 Å². The van der Waals surface area contributed by atoms with Crippen molar-refractivity contribution >= 4 is 17.3 Å². The predicted octanol–water partition coefficient (Wildman–Crippen LogP) is 0.879. The Labute approximate surface area is 62.0 Å². The third kappa shape index (κ3) is 4.21. The van der Waals surface area contributed by atoms with Crippen LogP contribution in [0.5, 0.6) is 0 Å². The molecule has 0 aliphatic rings. The van der Waals surface area contributed by atoms with E-state index < -0.39 is 0 Å². The van der Waals surface area contributed by atoms with Gasteiger partial charge in [-0.3, -0.25) is 0 Å². The average Bonchev–Trinajstić information content (AvgIpc) is 1.87. The van der Waals surface area contributed by atoms with Crippen molar-refractivity contribution in [3.63, 3.8) is 0 Å². The second-order valence-electron chi connectivity index (χ2n) is 2.03. The summed E-state index contributed by atoms with van der Waals surface area (Å²) in [6, 6.07) is 0.477. The van der Waals surface area contributed by atoms with E-state index in [1.54, 1.807) is 0 Å². The number of rotatable bonds is 2. The lowest BCUT2D eigenvalue weighted by Gasteiger charge is -2.12. The monoisotopic (exact) mass is 146 g/mol. The van der Waals surface area contributed by atoms with E-state index in [9.17, 15) is 0 Å². The van der Waals surface area contributed by atoms with E-state index >= 15 is 0 Å². The number of thiocarbonyl (C=S) groups is 1. The molecule has 1 atom stereocenters. The lowest BCUT2D eigenvalue weighted by molar-refractivity contribution is 0.638. The maximum atomic E-state index is 4.88. The van der Waals surface area contributed by atoms with Crippen LogP contribution in [0, 0.1) is 0 Å². The summed E-state index contributed by atoms with van der Waals surface area (Å²) in [5, 5.41) is 6.68. The number of hydrogen-bond acceptors (Lipinski definition) is 1. The maximum Gasteiger partial charge on any atom is 0.166 e. The van der Waals surface area contributed by atoms with Crippen LogP contribution < -0.4 is 10.6 Å². The first kappa shape index (κ1) is 8.69. The quantitative estimate of drug-likeness (QED) is 0.565. The van der Waals surface area contributed by atoms with E-state index in [-0.39, 0.29) is 0 Å². The third-order valence-electron chi connectivity index (χ3n) is 1.22. The molecule has 0 unspecified atom stereocenters. The van der Waals surface area contributed by atoms with E-state index in [0.29, 0.717) is 6.04 Å². The molecule has 3 heteroatoms. The topological polar surface area (TPSA) is 24.1 Å².